The smallest absolute Gasteiger partial charge is 0.128 e. The highest BCUT2D eigenvalue weighted by molar-refractivity contribution is 6.32. The van der Waals surface area contributed by atoms with E-state index >= 15 is 0 Å². The van der Waals surface area contributed by atoms with Gasteiger partial charge in [0.2, 0.25) is 0 Å². The monoisotopic (exact) mass is 225 g/mol. The second-order valence-electron chi connectivity index (χ2n) is 4.37. The van der Waals surface area contributed by atoms with Crippen molar-refractivity contribution in [3.05, 3.63) is 27.8 Å². The lowest BCUT2D eigenvalue weighted by Crippen LogP contribution is -2.20. The van der Waals surface area contributed by atoms with Crippen molar-refractivity contribution in [2.24, 2.45) is 5.73 Å². The second kappa shape index (κ2) is 3.39. The molecule has 1 saturated carbocycles. The molecule has 0 aromatic heterocycles. The van der Waals surface area contributed by atoms with Gasteiger partial charge in [0, 0.05) is 16.7 Å². The van der Waals surface area contributed by atoms with Gasteiger partial charge in [-0.2, -0.15) is 0 Å². The minimum Gasteiger partial charge on any atom is -0.496 e. The Bertz CT molecular complexity index is 411. The van der Waals surface area contributed by atoms with Crippen molar-refractivity contribution >= 4 is 11.6 Å². The zero-order valence-corrected chi connectivity index (χ0v) is 10.1. The van der Waals surface area contributed by atoms with Crippen LogP contribution in [0.25, 0.3) is 0 Å². The summed E-state index contributed by atoms with van der Waals surface area (Å²) in [5, 5.41) is 0.778. The summed E-state index contributed by atoms with van der Waals surface area (Å²) in [6, 6.07) is 2.06. The van der Waals surface area contributed by atoms with Crippen molar-refractivity contribution in [1.29, 1.82) is 0 Å². The third kappa shape index (κ3) is 1.62. The highest BCUT2D eigenvalue weighted by Crippen LogP contribution is 2.49. The topological polar surface area (TPSA) is 35.2 Å². The maximum atomic E-state index is 6.21. The first-order chi connectivity index (χ1) is 6.99. The minimum absolute atomic E-state index is 0.175. The van der Waals surface area contributed by atoms with E-state index in [1.807, 2.05) is 13.8 Å². The van der Waals surface area contributed by atoms with Crippen LogP contribution in [0.4, 0.5) is 0 Å². The normalized spacial score (nSPS) is 17.7. The lowest BCUT2D eigenvalue weighted by Gasteiger charge is -2.18. The fourth-order valence-corrected chi connectivity index (χ4v) is 2.12. The predicted octanol–water partition coefficient (Wildman–Crippen LogP) is 2.91. The van der Waals surface area contributed by atoms with E-state index in [9.17, 15) is 0 Å². The summed E-state index contributed by atoms with van der Waals surface area (Å²) >= 11 is 6.18. The van der Waals surface area contributed by atoms with Gasteiger partial charge in [0.25, 0.3) is 0 Å². The molecule has 0 unspecified atom stereocenters. The van der Waals surface area contributed by atoms with Crippen molar-refractivity contribution in [2.75, 3.05) is 7.11 Å². The van der Waals surface area contributed by atoms with E-state index in [-0.39, 0.29) is 5.54 Å². The van der Waals surface area contributed by atoms with Crippen LogP contribution < -0.4 is 10.5 Å². The van der Waals surface area contributed by atoms with Gasteiger partial charge < -0.3 is 10.5 Å². The van der Waals surface area contributed by atoms with Gasteiger partial charge in [-0.05, 0) is 38.3 Å². The van der Waals surface area contributed by atoms with E-state index in [1.54, 1.807) is 7.11 Å². The molecular weight excluding hydrogens is 210 g/mol. The predicted molar refractivity (Wildman–Crippen MR) is 62.6 cm³/mol. The molecule has 0 spiro atoms. The number of halogens is 1. The van der Waals surface area contributed by atoms with Gasteiger partial charge in [-0.1, -0.05) is 11.6 Å². The van der Waals surface area contributed by atoms with Gasteiger partial charge in [0.1, 0.15) is 5.75 Å². The molecule has 1 aromatic carbocycles. The highest BCUT2D eigenvalue weighted by Gasteiger charge is 2.42. The molecule has 0 bridgehead atoms. The van der Waals surface area contributed by atoms with Gasteiger partial charge in [0.05, 0.1) is 12.1 Å². The Hall–Kier alpha value is -0.730. The Kier molecular flexibility index (Phi) is 2.44. The van der Waals surface area contributed by atoms with E-state index in [2.05, 4.69) is 6.07 Å². The van der Waals surface area contributed by atoms with Gasteiger partial charge >= 0.3 is 0 Å². The van der Waals surface area contributed by atoms with Crippen LogP contribution >= 0.6 is 11.6 Å². The standard InChI is InChI=1S/C12H16ClNO/c1-7-6-9(12(14)4-5-12)11(15-3)8(2)10(7)13/h6H,4-5,14H2,1-3H3. The molecule has 2 rings (SSSR count). The number of rotatable bonds is 2. The molecule has 2 N–H and O–H groups in total. The number of hydrogen-bond acceptors (Lipinski definition) is 2. The summed E-state index contributed by atoms with van der Waals surface area (Å²) in [4.78, 5) is 0. The first kappa shape index (κ1) is 10.8. The lowest BCUT2D eigenvalue weighted by molar-refractivity contribution is 0.401. The summed E-state index contributed by atoms with van der Waals surface area (Å²) < 4.78 is 5.41. The summed E-state index contributed by atoms with van der Waals surface area (Å²) in [5.74, 6) is 0.852. The first-order valence-electron chi connectivity index (χ1n) is 5.12. The fourth-order valence-electron chi connectivity index (χ4n) is 1.98. The van der Waals surface area contributed by atoms with E-state index in [0.717, 1.165) is 40.3 Å². The maximum Gasteiger partial charge on any atom is 0.128 e. The van der Waals surface area contributed by atoms with Crippen LogP contribution in [-0.4, -0.2) is 7.11 Å². The molecule has 0 saturated heterocycles. The summed E-state index contributed by atoms with van der Waals surface area (Å²) in [7, 11) is 1.67. The molecule has 1 aliphatic rings. The van der Waals surface area contributed by atoms with E-state index in [0.29, 0.717) is 0 Å². The van der Waals surface area contributed by atoms with Gasteiger partial charge in [-0.15, -0.1) is 0 Å². The molecule has 0 heterocycles. The van der Waals surface area contributed by atoms with Crippen LogP contribution in [0, 0.1) is 13.8 Å². The Morgan fingerprint density at radius 1 is 1.40 bits per heavy atom. The Balaban J connectivity index is 2.63. The van der Waals surface area contributed by atoms with E-state index < -0.39 is 0 Å². The van der Waals surface area contributed by atoms with E-state index in [1.165, 1.54) is 0 Å². The molecule has 2 nitrogen and oxygen atoms in total. The van der Waals surface area contributed by atoms with Crippen LogP contribution in [0.2, 0.25) is 5.02 Å². The Morgan fingerprint density at radius 2 is 2.00 bits per heavy atom. The number of ether oxygens (including phenoxy) is 1. The lowest BCUT2D eigenvalue weighted by atomic mass is 9.98. The van der Waals surface area contributed by atoms with Gasteiger partial charge in [-0.3, -0.25) is 0 Å². The number of hydrogen-bond donors (Lipinski definition) is 1. The average Bonchev–Trinajstić information content (AvgIpc) is 2.94. The van der Waals surface area contributed by atoms with E-state index in [4.69, 9.17) is 22.1 Å². The average molecular weight is 226 g/mol. The van der Waals surface area contributed by atoms with Gasteiger partial charge in [0.15, 0.2) is 0 Å². The molecule has 0 amide bonds. The molecule has 15 heavy (non-hydrogen) atoms. The van der Waals surface area contributed by atoms with Crippen LogP contribution in [0.3, 0.4) is 0 Å². The van der Waals surface area contributed by atoms with Crippen molar-refractivity contribution in [2.45, 2.75) is 32.2 Å². The second-order valence-corrected chi connectivity index (χ2v) is 4.75. The molecular formula is C12H16ClNO. The van der Waals surface area contributed by atoms with Crippen LogP contribution in [0.15, 0.2) is 6.07 Å². The summed E-state index contributed by atoms with van der Waals surface area (Å²) in [6.45, 7) is 3.98. The number of benzene rings is 1. The molecule has 1 fully saturated rings. The number of aryl methyl sites for hydroxylation is 1. The third-order valence-corrected chi connectivity index (χ3v) is 3.73. The first-order valence-corrected chi connectivity index (χ1v) is 5.50. The third-order valence-electron chi connectivity index (χ3n) is 3.15. The summed E-state index contributed by atoms with van der Waals surface area (Å²) in [6.07, 6.45) is 2.06. The van der Waals surface area contributed by atoms with Crippen LogP contribution in [0.5, 0.6) is 5.75 Å². The quantitative estimate of drug-likeness (QED) is 0.840. The Morgan fingerprint density at radius 3 is 2.47 bits per heavy atom. The number of nitrogens with two attached hydrogens (primary N) is 1. The van der Waals surface area contributed by atoms with Crippen molar-refractivity contribution in [3.63, 3.8) is 0 Å². The molecule has 82 valence electrons. The van der Waals surface area contributed by atoms with Crippen molar-refractivity contribution in [3.8, 4) is 5.75 Å². The molecule has 0 atom stereocenters. The molecule has 1 aromatic rings. The largest absolute Gasteiger partial charge is 0.496 e. The molecule has 1 aliphatic carbocycles. The minimum atomic E-state index is -0.175. The zero-order valence-electron chi connectivity index (χ0n) is 9.36. The molecule has 0 aliphatic heterocycles. The molecule has 0 radical (unpaired) electrons. The SMILES string of the molecule is COc1c(C2(N)CC2)cc(C)c(Cl)c1C. The Labute approximate surface area is 95.4 Å². The van der Waals surface area contributed by atoms with Crippen molar-refractivity contribution in [1.82, 2.24) is 0 Å². The fraction of sp³-hybridized carbons (Fsp3) is 0.500. The highest BCUT2D eigenvalue weighted by atomic mass is 35.5. The van der Waals surface area contributed by atoms with Crippen LogP contribution in [0.1, 0.15) is 29.5 Å². The molecule has 3 heteroatoms. The number of methoxy groups -OCH3 is 1. The van der Waals surface area contributed by atoms with Crippen molar-refractivity contribution < 1.29 is 4.74 Å². The summed E-state index contributed by atoms with van der Waals surface area (Å²) in [5.41, 5.74) is 9.20. The van der Waals surface area contributed by atoms with Gasteiger partial charge in [-0.25, -0.2) is 0 Å². The van der Waals surface area contributed by atoms with Crippen LogP contribution in [-0.2, 0) is 5.54 Å². The zero-order chi connectivity index (χ0) is 11.2. The maximum absolute atomic E-state index is 6.21.